The zero-order chi connectivity index (χ0) is 10.7. The molecule has 0 unspecified atom stereocenters. The molecule has 4 nitrogen and oxygen atoms in total. The van der Waals surface area contributed by atoms with Crippen molar-refractivity contribution in [3.05, 3.63) is 23.0 Å². The first-order valence-corrected chi connectivity index (χ1v) is 3.70. The van der Waals surface area contributed by atoms with Gasteiger partial charge in [-0.2, -0.15) is 5.26 Å². The molecule has 1 heterocycles. The Balaban J connectivity index is 3.38. The van der Waals surface area contributed by atoms with Crippen LogP contribution in [0.4, 0.5) is 8.78 Å². The van der Waals surface area contributed by atoms with Crippen LogP contribution in [0.15, 0.2) is 6.20 Å². The highest BCUT2D eigenvalue weighted by Gasteiger charge is 2.19. The number of nitrogens with zero attached hydrogens (tertiary/aromatic N) is 2. The van der Waals surface area contributed by atoms with Crippen LogP contribution in [0.2, 0.25) is 0 Å². The third-order valence-electron chi connectivity index (χ3n) is 1.70. The first-order valence-electron chi connectivity index (χ1n) is 3.70. The fourth-order valence-electron chi connectivity index (χ4n) is 0.986. The minimum atomic E-state index is -2.84. The maximum atomic E-state index is 12.3. The number of aromatic nitrogens is 1. The van der Waals surface area contributed by atoms with E-state index in [2.05, 4.69) is 4.98 Å². The van der Waals surface area contributed by atoms with Crippen LogP contribution in [-0.4, -0.2) is 10.1 Å². The molecule has 1 aromatic heterocycles. The van der Waals surface area contributed by atoms with Crippen molar-refractivity contribution in [1.29, 1.82) is 5.26 Å². The number of rotatable bonds is 2. The van der Waals surface area contributed by atoms with E-state index in [0.717, 1.165) is 6.20 Å². The number of alkyl halides is 2. The molecule has 0 saturated carbocycles. The molecule has 3 N–H and O–H groups in total. The molecule has 14 heavy (non-hydrogen) atoms. The van der Waals surface area contributed by atoms with Crippen molar-refractivity contribution in [2.75, 3.05) is 0 Å². The van der Waals surface area contributed by atoms with Gasteiger partial charge in [0.1, 0.15) is 11.6 Å². The maximum Gasteiger partial charge on any atom is 0.266 e. The van der Waals surface area contributed by atoms with Crippen LogP contribution in [-0.2, 0) is 6.54 Å². The summed E-state index contributed by atoms with van der Waals surface area (Å²) in [5.74, 6) is -0.562. The smallest absolute Gasteiger partial charge is 0.266 e. The highest BCUT2D eigenvalue weighted by molar-refractivity contribution is 5.49. The molecule has 1 aromatic rings. The fraction of sp³-hybridized carbons (Fsp3) is 0.250. The highest BCUT2D eigenvalue weighted by atomic mass is 19.3. The zero-order valence-corrected chi connectivity index (χ0v) is 7.04. The Morgan fingerprint density at radius 2 is 2.29 bits per heavy atom. The van der Waals surface area contributed by atoms with Crippen molar-refractivity contribution < 1.29 is 13.9 Å². The Hall–Kier alpha value is -1.74. The molecule has 0 aromatic carbocycles. The number of halogens is 2. The number of nitrogens with two attached hydrogens (primary N) is 1. The van der Waals surface area contributed by atoms with E-state index >= 15 is 0 Å². The van der Waals surface area contributed by atoms with E-state index in [4.69, 9.17) is 11.0 Å². The van der Waals surface area contributed by atoms with Crippen molar-refractivity contribution in [1.82, 2.24) is 4.98 Å². The summed E-state index contributed by atoms with van der Waals surface area (Å²) >= 11 is 0. The zero-order valence-electron chi connectivity index (χ0n) is 7.04. The summed E-state index contributed by atoms with van der Waals surface area (Å²) in [6, 6.07) is 1.49. The second kappa shape index (κ2) is 3.98. The van der Waals surface area contributed by atoms with Crippen LogP contribution < -0.4 is 5.73 Å². The third kappa shape index (κ3) is 1.63. The monoisotopic (exact) mass is 199 g/mol. The lowest BCUT2D eigenvalue weighted by Crippen LogP contribution is -2.03. The molecule has 0 bridgehead atoms. The lowest BCUT2D eigenvalue weighted by Gasteiger charge is -2.06. The van der Waals surface area contributed by atoms with E-state index in [-0.39, 0.29) is 12.2 Å². The van der Waals surface area contributed by atoms with E-state index in [1.165, 1.54) is 6.07 Å². The topological polar surface area (TPSA) is 82.9 Å². The van der Waals surface area contributed by atoms with Crippen molar-refractivity contribution in [3.8, 4) is 11.8 Å². The number of hydrogen-bond acceptors (Lipinski definition) is 4. The van der Waals surface area contributed by atoms with Gasteiger partial charge in [0.05, 0.1) is 11.3 Å². The molecule has 0 amide bonds. The largest absolute Gasteiger partial charge is 0.505 e. The van der Waals surface area contributed by atoms with Crippen LogP contribution in [0, 0.1) is 11.3 Å². The molecule has 0 atom stereocenters. The minimum Gasteiger partial charge on any atom is -0.505 e. The van der Waals surface area contributed by atoms with Crippen LogP contribution in [0.1, 0.15) is 23.2 Å². The molecule has 0 aliphatic carbocycles. The van der Waals surface area contributed by atoms with Crippen LogP contribution >= 0.6 is 0 Å². The summed E-state index contributed by atoms with van der Waals surface area (Å²) in [5, 5.41) is 17.9. The predicted molar refractivity (Wildman–Crippen MR) is 43.5 cm³/mol. The molecular formula is C8H7F2N3O. The highest BCUT2D eigenvalue weighted by Crippen LogP contribution is 2.29. The molecule has 6 heteroatoms. The molecule has 0 radical (unpaired) electrons. The van der Waals surface area contributed by atoms with Crippen LogP contribution in [0.25, 0.3) is 0 Å². The van der Waals surface area contributed by atoms with Gasteiger partial charge in [-0.3, -0.25) is 4.98 Å². The van der Waals surface area contributed by atoms with Crippen LogP contribution in [0.3, 0.4) is 0 Å². The van der Waals surface area contributed by atoms with Crippen LogP contribution in [0.5, 0.6) is 5.75 Å². The second-order valence-electron chi connectivity index (χ2n) is 2.50. The van der Waals surface area contributed by atoms with Crippen molar-refractivity contribution in [2.24, 2.45) is 5.73 Å². The minimum absolute atomic E-state index is 0.0333. The number of aromatic hydroxyl groups is 1. The maximum absolute atomic E-state index is 12.3. The average Bonchev–Trinajstić information content (AvgIpc) is 2.17. The van der Waals surface area contributed by atoms with Gasteiger partial charge >= 0.3 is 0 Å². The summed E-state index contributed by atoms with van der Waals surface area (Å²) in [4.78, 5) is 3.52. The van der Waals surface area contributed by atoms with E-state index in [1.807, 2.05) is 0 Å². The normalized spacial score (nSPS) is 10.2. The summed E-state index contributed by atoms with van der Waals surface area (Å²) in [6.45, 7) is -0.107. The van der Waals surface area contributed by atoms with E-state index < -0.39 is 23.3 Å². The molecule has 74 valence electrons. The summed E-state index contributed by atoms with van der Waals surface area (Å²) in [5.41, 5.74) is 4.17. The fourth-order valence-corrected chi connectivity index (χ4v) is 0.986. The molecular weight excluding hydrogens is 192 g/mol. The summed E-state index contributed by atoms with van der Waals surface area (Å²) in [6.07, 6.45) is -1.99. The van der Waals surface area contributed by atoms with Gasteiger partial charge in [0.15, 0.2) is 5.75 Å². The number of pyridine rings is 1. The molecule has 0 fully saturated rings. The number of hydrogen-bond donors (Lipinski definition) is 2. The van der Waals surface area contributed by atoms with Gasteiger partial charge in [0.2, 0.25) is 0 Å². The SMILES string of the molecule is N#Cc1c(C(F)F)cnc(CN)c1O. The molecule has 1 rings (SSSR count). The standard InChI is InChI=1S/C8H7F2N3O/c9-8(10)5-3-13-6(2-12)7(14)4(5)1-11/h3,8,14H,2,12H2. The van der Waals surface area contributed by atoms with E-state index in [9.17, 15) is 13.9 Å². The van der Waals surface area contributed by atoms with E-state index in [0.29, 0.717) is 0 Å². The quantitative estimate of drug-likeness (QED) is 0.745. The van der Waals surface area contributed by atoms with E-state index in [1.54, 1.807) is 0 Å². The molecule has 0 spiro atoms. The van der Waals surface area contributed by atoms with Gasteiger partial charge in [0, 0.05) is 12.7 Å². The average molecular weight is 199 g/mol. The van der Waals surface area contributed by atoms with Gasteiger partial charge in [-0.25, -0.2) is 8.78 Å². The van der Waals surface area contributed by atoms with Gasteiger partial charge in [-0.05, 0) is 0 Å². The molecule has 0 aliphatic rings. The Labute approximate surface area is 78.6 Å². The lowest BCUT2D eigenvalue weighted by atomic mass is 10.1. The summed E-state index contributed by atoms with van der Waals surface area (Å²) in [7, 11) is 0. The predicted octanol–water partition coefficient (Wildman–Crippen LogP) is 1.06. The van der Waals surface area contributed by atoms with Gasteiger partial charge in [-0.1, -0.05) is 0 Å². The Morgan fingerprint density at radius 1 is 1.64 bits per heavy atom. The molecule has 0 saturated heterocycles. The Kier molecular flexibility index (Phi) is 2.94. The first-order chi connectivity index (χ1) is 6.61. The first kappa shape index (κ1) is 10.3. The Morgan fingerprint density at radius 3 is 2.71 bits per heavy atom. The van der Waals surface area contributed by atoms with Gasteiger partial charge < -0.3 is 10.8 Å². The Bertz CT molecular complexity index is 387. The van der Waals surface area contributed by atoms with Crippen molar-refractivity contribution >= 4 is 0 Å². The third-order valence-corrected chi connectivity index (χ3v) is 1.70. The summed E-state index contributed by atoms with van der Waals surface area (Å²) < 4.78 is 24.6. The number of nitriles is 1. The lowest BCUT2D eigenvalue weighted by molar-refractivity contribution is 0.150. The van der Waals surface area contributed by atoms with Gasteiger partial charge in [-0.15, -0.1) is 0 Å². The van der Waals surface area contributed by atoms with Crippen molar-refractivity contribution in [2.45, 2.75) is 13.0 Å². The second-order valence-corrected chi connectivity index (χ2v) is 2.50. The molecule has 0 aliphatic heterocycles. The van der Waals surface area contributed by atoms with Crippen molar-refractivity contribution in [3.63, 3.8) is 0 Å². The van der Waals surface area contributed by atoms with Gasteiger partial charge in [0.25, 0.3) is 6.43 Å².